The third-order valence-electron chi connectivity index (χ3n) is 4.56. The maximum atomic E-state index is 11.9. The standard InChI is InChI=1S/C14H20N6O3/c1-16-8-4-7(5-10(21)22)2-3-9(8)20-6-17-11-12(20)18-14(15)19-13(11)23/h6-9,16H,2-5H2,1H3,(H,21,22)(H3,15,18,19,23)/t7-,8+,9-/m1/s1. The normalized spacial score (nSPS) is 24.8. The van der Waals surface area contributed by atoms with Crippen LogP contribution in [0.3, 0.4) is 0 Å². The van der Waals surface area contributed by atoms with Crippen molar-refractivity contribution in [3.63, 3.8) is 0 Å². The van der Waals surface area contributed by atoms with Crippen molar-refractivity contribution in [2.45, 2.75) is 37.8 Å². The minimum Gasteiger partial charge on any atom is -0.481 e. The molecule has 0 amide bonds. The first-order valence-corrected chi connectivity index (χ1v) is 7.61. The Hall–Kier alpha value is -2.42. The van der Waals surface area contributed by atoms with Crippen molar-refractivity contribution in [1.29, 1.82) is 0 Å². The summed E-state index contributed by atoms with van der Waals surface area (Å²) in [7, 11) is 1.86. The molecule has 2 aromatic heterocycles. The fraction of sp³-hybridized carbons (Fsp3) is 0.571. The van der Waals surface area contributed by atoms with Gasteiger partial charge < -0.3 is 20.7 Å². The van der Waals surface area contributed by atoms with Gasteiger partial charge in [-0.15, -0.1) is 0 Å². The average molecular weight is 320 g/mol. The molecule has 9 nitrogen and oxygen atoms in total. The molecule has 0 spiro atoms. The van der Waals surface area contributed by atoms with Crippen molar-refractivity contribution in [1.82, 2.24) is 24.8 Å². The van der Waals surface area contributed by atoms with Crippen molar-refractivity contribution in [2.75, 3.05) is 12.8 Å². The maximum absolute atomic E-state index is 11.9. The van der Waals surface area contributed by atoms with E-state index in [4.69, 9.17) is 10.8 Å². The molecule has 0 aromatic carbocycles. The van der Waals surface area contributed by atoms with Crippen molar-refractivity contribution < 1.29 is 9.90 Å². The number of nitrogens with two attached hydrogens (primary N) is 1. The summed E-state index contributed by atoms with van der Waals surface area (Å²) < 4.78 is 1.87. The molecule has 2 heterocycles. The number of hydrogen-bond donors (Lipinski definition) is 4. The van der Waals surface area contributed by atoms with Gasteiger partial charge in [0.1, 0.15) is 0 Å². The first kappa shape index (κ1) is 15.5. The number of anilines is 1. The van der Waals surface area contributed by atoms with Crippen molar-refractivity contribution in [2.24, 2.45) is 5.92 Å². The highest BCUT2D eigenvalue weighted by molar-refractivity contribution is 5.70. The molecule has 0 bridgehead atoms. The van der Waals surface area contributed by atoms with E-state index in [0.717, 1.165) is 19.3 Å². The van der Waals surface area contributed by atoms with Gasteiger partial charge in [0, 0.05) is 12.5 Å². The largest absolute Gasteiger partial charge is 0.481 e. The first-order chi connectivity index (χ1) is 11.0. The molecule has 2 aromatic rings. The number of fused-ring (bicyclic) bond motifs is 1. The number of likely N-dealkylation sites (N-methyl/N-ethyl adjacent to an activating group) is 1. The number of aliphatic carboxylic acids is 1. The van der Waals surface area contributed by atoms with E-state index in [-0.39, 0.29) is 41.4 Å². The Morgan fingerprint density at radius 1 is 1.57 bits per heavy atom. The smallest absolute Gasteiger partial charge is 0.303 e. The van der Waals surface area contributed by atoms with Crippen LogP contribution in [0.4, 0.5) is 5.95 Å². The molecule has 124 valence electrons. The number of carboxylic acids is 1. The van der Waals surface area contributed by atoms with Crippen molar-refractivity contribution in [3.05, 3.63) is 16.7 Å². The number of carboxylic acid groups (broad SMARTS) is 1. The minimum atomic E-state index is -0.766. The van der Waals surface area contributed by atoms with Crippen molar-refractivity contribution >= 4 is 23.1 Å². The lowest BCUT2D eigenvalue weighted by Crippen LogP contribution is -2.40. The Kier molecular flexibility index (Phi) is 4.03. The van der Waals surface area contributed by atoms with Crippen LogP contribution >= 0.6 is 0 Å². The number of aromatic nitrogens is 4. The Morgan fingerprint density at radius 3 is 3.04 bits per heavy atom. The van der Waals surface area contributed by atoms with Crippen LogP contribution in [0.25, 0.3) is 11.2 Å². The number of nitrogens with zero attached hydrogens (tertiary/aromatic N) is 3. The number of nitrogens with one attached hydrogen (secondary N) is 2. The Morgan fingerprint density at radius 2 is 2.35 bits per heavy atom. The van der Waals surface area contributed by atoms with E-state index in [1.54, 1.807) is 6.33 Å². The highest BCUT2D eigenvalue weighted by Crippen LogP contribution is 2.35. The predicted molar refractivity (Wildman–Crippen MR) is 84.0 cm³/mol. The minimum absolute atomic E-state index is 0.0590. The van der Waals surface area contributed by atoms with E-state index in [1.165, 1.54) is 0 Å². The van der Waals surface area contributed by atoms with E-state index in [0.29, 0.717) is 5.65 Å². The quantitative estimate of drug-likeness (QED) is 0.626. The molecule has 9 heteroatoms. The maximum Gasteiger partial charge on any atom is 0.303 e. The molecule has 1 saturated carbocycles. The molecular formula is C14H20N6O3. The molecule has 0 saturated heterocycles. The fourth-order valence-corrected chi connectivity index (χ4v) is 3.50. The SMILES string of the molecule is CN[C@H]1C[C@H](CC(=O)O)CC[C@H]1n1cnc2c(=O)[nH]c(N)nc21. The van der Waals surface area contributed by atoms with Crippen LogP contribution in [0, 0.1) is 5.92 Å². The number of hydrogen-bond acceptors (Lipinski definition) is 6. The van der Waals surface area contributed by atoms with E-state index in [9.17, 15) is 9.59 Å². The zero-order chi connectivity index (χ0) is 16.6. The summed E-state index contributed by atoms with van der Waals surface area (Å²) in [5.41, 5.74) is 6.01. The number of carbonyl (C=O) groups is 1. The molecule has 0 radical (unpaired) electrons. The van der Waals surface area contributed by atoms with Gasteiger partial charge in [-0.3, -0.25) is 14.6 Å². The topological polar surface area (TPSA) is 139 Å². The zero-order valence-electron chi connectivity index (χ0n) is 12.8. The van der Waals surface area contributed by atoms with E-state index < -0.39 is 5.97 Å². The predicted octanol–water partition coefficient (Wildman–Crippen LogP) is 0.106. The lowest BCUT2D eigenvalue weighted by molar-refractivity contribution is -0.138. The molecule has 1 fully saturated rings. The molecule has 1 aliphatic rings. The van der Waals surface area contributed by atoms with Crippen LogP contribution in [0.5, 0.6) is 0 Å². The molecule has 3 atom stereocenters. The second kappa shape index (κ2) is 5.99. The molecule has 23 heavy (non-hydrogen) atoms. The first-order valence-electron chi connectivity index (χ1n) is 7.61. The van der Waals surface area contributed by atoms with Gasteiger partial charge in [-0.2, -0.15) is 4.98 Å². The van der Waals surface area contributed by atoms with Gasteiger partial charge in [0.25, 0.3) is 5.56 Å². The summed E-state index contributed by atoms with van der Waals surface area (Å²) >= 11 is 0. The molecular weight excluding hydrogens is 300 g/mol. The van der Waals surface area contributed by atoms with Crippen LogP contribution in [-0.2, 0) is 4.79 Å². The van der Waals surface area contributed by atoms with Gasteiger partial charge in [-0.05, 0) is 32.2 Å². The average Bonchev–Trinajstić information content (AvgIpc) is 2.90. The Balaban J connectivity index is 1.92. The lowest BCUT2D eigenvalue weighted by atomic mass is 9.80. The summed E-state index contributed by atoms with van der Waals surface area (Å²) in [4.78, 5) is 33.6. The van der Waals surface area contributed by atoms with Gasteiger partial charge in [-0.25, -0.2) is 4.98 Å². The monoisotopic (exact) mass is 320 g/mol. The number of nitrogen functional groups attached to an aromatic ring is 1. The van der Waals surface area contributed by atoms with Crippen LogP contribution < -0.4 is 16.6 Å². The number of aromatic amines is 1. The van der Waals surface area contributed by atoms with Gasteiger partial charge in [0.2, 0.25) is 5.95 Å². The molecule has 5 N–H and O–H groups in total. The lowest BCUT2D eigenvalue weighted by Gasteiger charge is -2.36. The second-order valence-electron chi connectivity index (χ2n) is 6.01. The van der Waals surface area contributed by atoms with Crippen LogP contribution in [0.2, 0.25) is 0 Å². The van der Waals surface area contributed by atoms with Gasteiger partial charge in [0.15, 0.2) is 11.2 Å². The molecule has 0 aliphatic heterocycles. The third kappa shape index (κ3) is 2.91. The van der Waals surface area contributed by atoms with Gasteiger partial charge in [0.05, 0.1) is 12.4 Å². The molecule has 0 unspecified atom stereocenters. The van der Waals surface area contributed by atoms with Gasteiger partial charge >= 0.3 is 5.97 Å². The zero-order valence-corrected chi connectivity index (χ0v) is 12.8. The summed E-state index contributed by atoms with van der Waals surface area (Å²) in [5, 5.41) is 12.2. The van der Waals surface area contributed by atoms with Gasteiger partial charge in [-0.1, -0.05) is 0 Å². The highest BCUT2D eigenvalue weighted by atomic mass is 16.4. The van der Waals surface area contributed by atoms with Crippen molar-refractivity contribution in [3.8, 4) is 0 Å². The number of rotatable bonds is 4. The molecule has 3 rings (SSSR count). The summed E-state index contributed by atoms with van der Waals surface area (Å²) in [6.45, 7) is 0. The highest BCUT2D eigenvalue weighted by Gasteiger charge is 2.32. The fourth-order valence-electron chi connectivity index (χ4n) is 3.50. The molecule has 1 aliphatic carbocycles. The van der Waals surface area contributed by atoms with Crippen LogP contribution in [0.15, 0.2) is 11.1 Å². The Bertz CT molecular complexity index is 782. The summed E-state index contributed by atoms with van der Waals surface area (Å²) in [6.07, 6.45) is 4.15. The number of imidazole rings is 1. The van der Waals surface area contributed by atoms with E-state index >= 15 is 0 Å². The van der Waals surface area contributed by atoms with E-state index in [2.05, 4.69) is 20.3 Å². The Labute approximate surface area is 131 Å². The third-order valence-corrected chi connectivity index (χ3v) is 4.56. The van der Waals surface area contributed by atoms with Crippen LogP contribution in [-0.4, -0.2) is 43.7 Å². The summed E-state index contributed by atoms with van der Waals surface area (Å²) in [5.74, 6) is -0.556. The second-order valence-corrected chi connectivity index (χ2v) is 6.01. The number of H-pyrrole nitrogens is 1. The summed E-state index contributed by atoms with van der Waals surface area (Å²) in [6, 6.07) is 0.150. The van der Waals surface area contributed by atoms with Crippen LogP contribution in [0.1, 0.15) is 31.7 Å². The van der Waals surface area contributed by atoms with E-state index in [1.807, 2.05) is 11.6 Å².